The van der Waals surface area contributed by atoms with Crippen LogP contribution in [0.25, 0.3) is 0 Å². The first-order valence-corrected chi connectivity index (χ1v) is 20.4. The monoisotopic (exact) mass is 1020 g/mol. The van der Waals surface area contributed by atoms with Gasteiger partial charge in [-0.3, -0.25) is 9.13 Å². The van der Waals surface area contributed by atoms with E-state index in [1.807, 2.05) is 0 Å². The van der Waals surface area contributed by atoms with Crippen molar-refractivity contribution in [1.29, 1.82) is 0 Å². The molecule has 0 aromatic heterocycles. The minimum Gasteiger partial charge on any atom is -0.550 e. The maximum absolute atomic E-state index is 12.2. The van der Waals surface area contributed by atoms with Crippen LogP contribution in [0.15, 0.2) is 0 Å². The third-order valence-electron chi connectivity index (χ3n) is 5.07. The summed E-state index contributed by atoms with van der Waals surface area (Å²) in [7, 11) is -5.68. The Bertz CT molecular complexity index is 825. The summed E-state index contributed by atoms with van der Waals surface area (Å²) in [5.74, 6) is -2.29. The van der Waals surface area contributed by atoms with Gasteiger partial charge in [0.1, 0.15) is 0 Å². The maximum atomic E-state index is 12.2. The number of aliphatic carboxylic acids is 4. The van der Waals surface area contributed by atoms with Crippen LogP contribution in [0.1, 0.15) is 66.2 Å². The van der Waals surface area contributed by atoms with Gasteiger partial charge >= 0.3 is 54.3 Å². The number of nitrogens with zero attached hydrogens (tertiary/aromatic N) is 2. The minimum atomic E-state index is -2.84. The zero-order valence-electron chi connectivity index (χ0n) is 28.6. The molecule has 24 heteroatoms. The third-order valence-corrected chi connectivity index (χ3v) is 10.3. The van der Waals surface area contributed by atoms with Crippen LogP contribution < -0.4 is 30.6 Å². The Balaban J connectivity index is -0.000000125. The van der Waals surface area contributed by atoms with Crippen molar-refractivity contribution in [2.45, 2.75) is 66.2 Å². The largest absolute Gasteiger partial charge is 2.00 e. The Hall–Kier alpha value is 0.507. The van der Waals surface area contributed by atoms with Gasteiger partial charge in [-0.25, -0.2) is 19.5 Å². The van der Waals surface area contributed by atoms with Crippen LogP contribution >= 0.6 is 61.7 Å². The number of alkyl halides is 4. The van der Waals surface area contributed by atoms with E-state index >= 15 is 0 Å². The van der Waals surface area contributed by atoms with Gasteiger partial charge < -0.3 is 48.7 Å². The van der Waals surface area contributed by atoms with Gasteiger partial charge in [-0.2, -0.15) is 0 Å². The first-order chi connectivity index (χ1) is 22.5. The Labute approximate surface area is 342 Å². The Morgan fingerprint density at radius 1 is 0.560 bits per heavy atom. The van der Waals surface area contributed by atoms with Gasteiger partial charge in [-0.1, -0.05) is 27.7 Å². The Morgan fingerprint density at radius 2 is 0.760 bits per heavy atom. The molecule has 2 aliphatic heterocycles. The van der Waals surface area contributed by atoms with E-state index in [9.17, 15) is 48.7 Å². The molecule has 0 aromatic rings. The molecule has 2 rings (SSSR count). The topological polar surface area (TPSA) is 244 Å². The van der Waals surface area contributed by atoms with E-state index in [2.05, 4.69) is 10.2 Å². The maximum Gasteiger partial charge on any atom is 2.00 e. The predicted molar refractivity (Wildman–Crippen MR) is 180 cm³/mol. The molecule has 2 radical (unpaired) electrons. The summed E-state index contributed by atoms with van der Waals surface area (Å²) in [6.45, 7) is 10.8. The number of carbonyl (C=O) groups excluding carboxylic acids is 4. The summed E-state index contributed by atoms with van der Waals surface area (Å²) in [6.07, 6.45) is 2.22. The standard InChI is InChI=1S/2C7H15Cl2N2O2P.4C3H6O2.2Rh/c2*8-2-5-11(6-3-9)14(12)10-4-1-7-13-14;4*1-2-3(4)5;;/h2*1-7H2,(H,10,12);4*2H2,1H3,(H,4,5);;/q;;;;;;2*+2/p-4. The van der Waals surface area contributed by atoms with Crippen molar-refractivity contribution in [3.63, 3.8) is 0 Å². The number of halogens is 4. The molecule has 0 amide bonds. The molecule has 2 unspecified atom stereocenters. The van der Waals surface area contributed by atoms with Crippen LogP contribution in [-0.2, 0) is 76.3 Å². The molecule has 50 heavy (non-hydrogen) atoms. The van der Waals surface area contributed by atoms with Crippen molar-refractivity contribution in [3.8, 4) is 0 Å². The SMILES string of the molecule is CCC(=O)[O-].CCC(=O)[O-].CCC(=O)[O-].CCC(=O)[O-].O=P1(N(CCCl)CCCl)NCCCO1.O=P1(N(CCCl)CCCl)NCCCO1.[Rh+2].[Rh+2]. The number of carbonyl (C=O) groups is 4. The summed E-state index contributed by atoms with van der Waals surface area (Å²) < 4.78 is 38.3. The third kappa shape index (κ3) is 39.7. The fraction of sp³-hybridized carbons (Fsp3) is 0.846. The number of hydrogen-bond donors (Lipinski definition) is 2. The molecular weight excluding hydrogens is 970 g/mol. The van der Waals surface area contributed by atoms with Gasteiger partial charge in [0, 0.05) is 86.7 Å². The summed E-state index contributed by atoms with van der Waals surface area (Å²) in [6, 6.07) is 0. The molecule has 0 saturated carbocycles. The summed E-state index contributed by atoms with van der Waals surface area (Å²) in [5, 5.41) is 42.8. The smallest absolute Gasteiger partial charge is 0.550 e. The average Bonchev–Trinajstić information content (AvgIpc) is 3.06. The zero-order valence-corrected chi connectivity index (χ0v) is 36.7. The Kier molecular flexibility index (Phi) is 52.8. The van der Waals surface area contributed by atoms with Gasteiger partial charge in [0.05, 0.1) is 13.2 Å². The van der Waals surface area contributed by atoms with Gasteiger partial charge in [0.2, 0.25) is 0 Å². The van der Waals surface area contributed by atoms with E-state index in [0.717, 1.165) is 25.9 Å². The number of hydrogen-bond acceptors (Lipinski definition) is 12. The van der Waals surface area contributed by atoms with Gasteiger partial charge in [0.25, 0.3) is 0 Å². The molecule has 0 spiro atoms. The molecule has 2 saturated heterocycles. The molecule has 2 fully saturated rings. The quantitative estimate of drug-likeness (QED) is 0.136. The van der Waals surface area contributed by atoms with E-state index in [1.165, 1.54) is 27.7 Å². The van der Waals surface area contributed by atoms with Crippen LogP contribution in [0.3, 0.4) is 0 Å². The fourth-order valence-corrected chi connectivity index (χ4v) is 7.84. The van der Waals surface area contributed by atoms with E-state index in [4.69, 9.17) is 55.5 Å². The number of nitrogens with one attached hydrogen (secondary N) is 2. The van der Waals surface area contributed by atoms with Crippen LogP contribution in [0.2, 0.25) is 0 Å². The molecule has 2 atom stereocenters. The molecule has 2 heterocycles. The second kappa shape index (κ2) is 42.3. The van der Waals surface area contributed by atoms with Crippen molar-refractivity contribution < 1.29 is 96.7 Å². The molecule has 0 aromatic carbocycles. The molecule has 2 aliphatic rings. The summed E-state index contributed by atoms with van der Waals surface area (Å²) in [4.78, 5) is 37.0. The van der Waals surface area contributed by atoms with Crippen LogP contribution in [0.5, 0.6) is 0 Å². The van der Waals surface area contributed by atoms with Crippen molar-refractivity contribution in [1.82, 2.24) is 19.5 Å². The van der Waals surface area contributed by atoms with E-state index < -0.39 is 39.2 Å². The van der Waals surface area contributed by atoms with Crippen molar-refractivity contribution >= 4 is 85.6 Å². The molecule has 0 aliphatic carbocycles. The number of carboxylic acids is 4. The van der Waals surface area contributed by atoms with Crippen molar-refractivity contribution in [2.24, 2.45) is 0 Å². The molecule has 0 bridgehead atoms. The van der Waals surface area contributed by atoms with Crippen LogP contribution in [-0.4, -0.2) is 109 Å². The zero-order chi connectivity index (χ0) is 38.0. The van der Waals surface area contributed by atoms with E-state index in [0.29, 0.717) is 62.9 Å². The first kappa shape index (κ1) is 62.5. The van der Waals surface area contributed by atoms with E-state index in [-0.39, 0.29) is 64.6 Å². The Morgan fingerprint density at radius 3 is 0.880 bits per heavy atom. The second-order valence-corrected chi connectivity index (χ2v) is 14.7. The average molecular weight is 1020 g/mol. The van der Waals surface area contributed by atoms with Gasteiger partial charge in [-0.15, -0.1) is 46.4 Å². The van der Waals surface area contributed by atoms with Crippen LogP contribution in [0, 0.1) is 0 Å². The van der Waals surface area contributed by atoms with E-state index in [1.54, 1.807) is 9.34 Å². The minimum absolute atomic E-state index is 0. The van der Waals surface area contributed by atoms with Crippen LogP contribution in [0.4, 0.5) is 0 Å². The predicted octanol–water partition coefficient (Wildman–Crippen LogP) is 0.348. The van der Waals surface area contributed by atoms with Crippen molar-refractivity contribution in [2.75, 3.05) is 76.0 Å². The molecule has 2 N–H and O–H groups in total. The number of carboxylic acid groups (broad SMARTS) is 4. The molecule has 302 valence electrons. The summed E-state index contributed by atoms with van der Waals surface area (Å²) >= 11 is 22.5. The number of rotatable bonds is 14. The molecule has 16 nitrogen and oxygen atoms in total. The van der Waals surface area contributed by atoms with Gasteiger partial charge in [0.15, 0.2) is 0 Å². The normalized spacial score (nSPS) is 18.8. The molecular formula is C26H50Cl4N4O12P2Rh2. The summed E-state index contributed by atoms with van der Waals surface area (Å²) in [5.41, 5.74) is 0. The first-order valence-electron chi connectivity index (χ1n) is 15.1. The second-order valence-electron chi connectivity index (χ2n) is 8.80. The van der Waals surface area contributed by atoms with Gasteiger partial charge in [-0.05, 0) is 38.5 Å². The fourth-order valence-electron chi connectivity index (χ4n) is 2.56. The van der Waals surface area contributed by atoms with Crippen molar-refractivity contribution in [3.05, 3.63) is 0 Å².